The number of nitrogens with one attached hydrogen (secondary N) is 1. The van der Waals surface area contributed by atoms with Crippen LogP contribution >= 0.6 is 0 Å². The molecule has 0 radical (unpaired) electrons. The number of para-hydroxylation sites is 2. The second-order valence-electron chi connectivity index (χ2n) is 8.77. The first-order valence-corrected chi connectivity index (χ1v) is 11.3. The molecule has 1 unspecified atom stereocenters. The zero-order valence-electron chi connectivity index (χ0n) is 18.3. The van der Waals surface area contributed by atoms with E-state index in [0.717, 1.165) is 37.2 Å². The zero-order valence-corrected chi connectivity index (χ0v) is 18.3. The van der Waals surface area contributed by atoms with Crippen molar-refractivity contribution in [2.45, 2.75) is 44.1 Å². The van der Waals surface area contributed by atoms with Gasteiger partial charge in [0.1, 0.15) is 19.0 Å². The number of hydrogen-bond acceptors (Lipinski definition) is 5. The molecular weight excluding hydrogens is 408 g/mol. The maximum Gasteiger partial charge on any atom is 0.263 e. The fraction of sp³-hybridized carbons (Fsp3) is 0.440. The van der Waals surface area contributed by atoms with E-state index in [9.17, 15) is 9.59 Å². The lowest BCUT2D eigenvalue weighted by molar-refractivity contribution is -0.128. The van der Waals surface area contributed by atoms with E-state index in [1.807, 2.05) is 24.3 Å². The van der Waals surface area contributed by atoms with Crippen molar-refractivity contribution in [3.8, 4) is 17.2 Å². The summed E-state index contributed by atoms with van der Waals surface area (Å²) in [5.74, 6) is 1.79. The van der Waals surface area contributed by atoms with Gasteiger partial charge in [0.2, 0.25) is 5.91 Å². The first kappa shape index (κ1) is 20.7. The highest BCUT2D eigenvalue weighted by Gasteiger charge is 2.39. The Balaban J connectivity index is 1.33. The molecule has 3 aliphatic rings. The Hall–Kier alpha value is -3.22. The molecule has 7 nitrogen and oxygen atoms in total. The second kappa shape index (κ2) is 8.37. The summed E-state index contributed by atoms with van der Waals surface area (Å²) in [6, 6.07) is 13.4. The van der Waals surface area contributed by atoms with Gasteiger partial charge in [-0.15, -0.1) is 0 Å². The van der Waals surface area contributed by atoms with Crippen LogP contribution in [0.2, 0.25) is 0 Å². The van der Waals surface area contributed by atoms with Crippen LogP contribution < -0.4 is 24.4 Å². The quantitative estimate of drug-likeness (QED) is 0.797. The third-order valence-electron chi connectivity index (χ3n) is 6.76. The van der Waals surface area contributed by atoms with E-state index in [1.165, 1.54) is 12.5 Å². The van der Waals surface area contributed by atoms with E-state index in [2.05, 4.69) is 17.4 Å². The summed E-state index contributed by atoms with van der Waals surface area (Å²) in [6.45, 7) is 3.34. The van der Waals surface area contributed by atoms with E-state index < -0.39 is 6.10 Å². The molecule has 5 rings (SSSR count). The lowest BCUT2D eigenvalue weighted by atomic mass is 9.78. The molecule has 2 amide bonds. The van der Waals surface area contributed by atoms with Gasteiger partial charge in [-0.1, -0.05) is 31.0 Å². The van der Waals surface area contributed by atoms with Crippen LogP contribution in [-0.4, -0.2) is 44.2 Å². The van der Waals surface area contributed by atoms with Gasteiger partial charge in [0.05, 0.1) is 12.2 Å². The third-order valence-corrected chi connectivity index (χ3v) is 6.76. The van der Waals surface area contributed by atoms with Crippen LogP contribution in [0.1, 0.15) is 38.2 Å². The molecule has 32 heavy (non-hydrogen) atoms. The average Bonchev–Trinajstić information content (AvgIpc) is 3.31. The summed E-state index contributed by atoms with van der Waals surface area (Å²) < 4.78 is 17.4. The number of ether oxygens (including phenoxy) is 3. The molecule has 2 aromatic rings. The SMILES string of the molecule is CC(=O)N1CC(C(=O)NCC2(c3ccc4c(c3)OCCO4)CCCC2)Oc2ccccc21. The summed E-state index contributed by atoms with van der Waals surface area (Å²) >= 11 is 0. The fourth-order valence-electron chi connectivity index (χ4n) is 5.03. The number of amides is 2. The number of hydrogen-bond donors (Lipinski definition) is 1. The van der Waals surface area contributed by atoms with Crippen LogP contribution in [-0.2, 0) is 15.0 Å². The molecule has 168 valence electrons. The maximum atomic E-state index is 13.1. The summed E-state index contributed by atoms with van der Waals surface area (Å²) in [5.41, 5.74) is 1.73. The Kier molecular flexibility index (Phi) is 5.41. The smallest absolute Gasteiger partial charge is 0.263 e. The van der Waals surface area contributed by atoms with E-state index in [0.29, 0.717) is 31.2 Å². The van der Waals surface area contributed by atoms with Gasteiger partial charge < -0.3 is 24.4 Å². The number of rotatable bonds is 4. The number of benzene rings is 2. The highest BCUT2D eigenvalue weighted by Crippen LogP contribution is 2.44. The lowest BCUT2D eigenvalue weighted by Crippen LogP contribution is -2.52. The van der Waals surface area contributed by atoms with E-state index in [1.54, 1.807) is 11.0 Å². The number of anilines is 1. The van der Waals surface area contributed by atoms with Gasteiger partial charge in [-0.3, -0.25) is 9.59 Å². The minimum Gasteiger partial charge on any atom is -0.486 e. The van der Waals surface area contributed by atoms with Gasteiger partial charge in [-0.25, -0.2) is 0 Å². The average molecular weight is 437 g/mol. The molecular formula is C25H28N2O5. The van der Waals surface area contributed by atoms with Crippen LogP contribution in [0.15, 0.2) is 42.5 Å². The standard InChI is InChI=1S/C25H28N2O5/c1-17(28)27-15-23(32-20-7-3-2-6-19(20)27)24(29)26-16-25(10-4-5-11-25)18-8-9-21-22(14-18)31-13-12-30-21/h2-3,6-9,14,23H,4-5,10-13,15-16H2,1H3,(H,26,29). The van der Waals surface area contributed by atoms with Crippen LogP contribution in [0.5, 0.6) is 17.2 Å². The number of carbonyl (C=O) groups excluding carboxylic acids is 2. The Morgan fingerprint density at radius 1 is 1.03 bits per heavy atom. The molecule has 0 spiro atoms. The van der Waals surface area contributed by atoms with Crippen molar-refractivity contribution in [1.82, 2.24) is 5.32 Å². The molecule has 0 aromatic heterocycles. The van der Waals surface area contributed by atoms with Crippen molar-refractivity contribution in [3.05, 3.63) is 48.0 Å². The fourth-order valence-corrected chi connectivity index (χ4v) is 5.03. The van der Waals surface area contributed by atoms with Crippen molar-refractivity contribution in [3.63, 3.8) is 0 Å². The summed E-state index contributed by atoms with van der Waals surface area (Å²) in [4.78, 5) is 26.9. The van der Waals surface area contributed by atoms with E-state index >= 15 is 0 Å². The van der Waals surface area contributed by atoms with Gasteiger partial charge in [-0.05, 0) is 42.7 Å². The normalized spacial score (nSPS) is 20.8. The van der Waals surface area contributed by atoms with Crippen molar-refractivity contribution < 1.29 is 23.8 Å². The minimum absolute atomic E-state index is 0.109. The summed E-state index contributed by atoms with van der Waals surface area (Å²) in [6.07, 6.45) is 3.50. The molecule has 2 aromatic carbocycles. The molecule has 1 N–H and O–H groups in total. The minimum atomic E-state index is -0.743. The molecule has 1 aliphatic carbocycles. The lowest BCUT2D eigenvalue weighted by Gasteiger charge is -2.35. The van der Waals surface area contributed by atoms with Crippen molar-refractivity contribution in [2.24, 2.45) is 0 Å². The molecule has 2 heterocycles. The van der Waals surface area contributed by atoms with Crippen molar-refractivity contribution in [2.75, 3.05) is 31.2 Å². The summed E-state index contributed by atoms with van der Waals surface area (Å²) in [5, 5.41) is 3.13. The van der Waals surface area contributed by atoms with Crippen LogP contribution in [0.3, 0.4) is 0 Å². The van der Waals surface area contributed by atoms with Crippen LogP contribution in [0, 0.1) is 0 Å². The Labute approximate surface area is 187 Å². The van der Waals surface area contributed by atoms with Crippen molar-refractivity contribution in [1.29, 1.82) is 0 Å². The largest absolute Gasteiger partial charge is 0.486 e. The summed E-state index contributed by atoms with van der Waals surface area (Å²) in [7, 11) is 0. The van der Waals surface area contributed by atoms with Gasteiger partial charge in [0.25, 0.3) is 5.91 Å². The van der Waals surface area contributed by atoms with Gasteiger partial charge in [0, 0.05) is 18.9 Å². The molecule has 0 saturated heterocycles. The number of fused-ring (bicyclic) bond motifs is 2. The van der Waals surface area contributed by atoms with Gasteiger partial charge >= 0.3 is 0 Å². The van der Waals surface area contributed by atoms with Gasteiger partial charge in [0.15, 0.2) is 17.6 Å². The second-order valence-corrected chi connectivity index (χ2v) is 8.77. The first-order valence-electron chi connectivity index (χ1n) is 11.3. The molecule has 7 heteroatoms. The van der Waals surface area contributed by atoms with Crippen molar-refractivity contribution >= 4 is 17.5 Å². The first-order chi connectivity index (χ1) is 15.6. The highest BCUT2D eigenvalue weighted by atomic mass is 16.6. The highest BCUT2D eigenvalue weighted by molar-refractivity contribution is 5.95. The molecule has 0 bridgehead atoms. The molecule has 1 atom stereocenters. The monoisotopic (exact) mass is 436 g/mol. The molecule has 1 fully saturated rings. The Bertz CT molecular complexity index is 1030. The van der Waals surface area contributed by atoms with E-state index in [-0.39, 0.29) is 23.8 Å². The van der Waals surface area contributed by atoms with Crippen LogP contribution in [0.4, 0.5) is 5.69 Å². The molecule has 1 saturated carbocycles. The number of nitrogens with zero attached hydrogens (tertiary/aromatic N) is 1. The maximum absolute atomic E-state index is 13.1. The third kappa shape index (κ3) is 3.76. The number of carbonyl (C=O) groups is 2. The Morgan fingerprint density at radius 2 is 1.78 bits per heavy atom. The predicted octanol–water partition coefficient (Wildman–Crippen LogP) is 3.20. The Morgan fingerprint density at radius 3 is 2.56 bits per heavy atom. The van der Waals surface area contributed by atoms with E-state index in [4.69, 9.17) is 14.2 Å². The molecule has 2 aliphatic heterocycles. The van der Waals surface area contributed by atoms with Crippen LogP contribution in [0.25, 0.3) is 0 Å². The van der Waals surface area contributed by atoms with Gasteiger partial charge in [-0.2, -0.15) is 0 Å². The topological polar surface area (TPSA) is 77.1 Å². The zero-order chi connectivity index (χ0) is 22.1. The predicted molar refractivity (Wildman–Crippen MR) is 119 cm³/mol.